The summed E-state index contributed by atoms with van der Waals surface area (Å²) < 4.78 is 0. The zero-order valence-electron chi connectivity index (χ0n) is 21.7. The first kappa shape index (κ1) is 22.5. The Bertz CT molecular complexity index is 766. The molecule has 0 heterocycles. The Hall–Kier alpha value is -0.300. The van der Waals surface area contributed by atoms with Crippen molar-refractivity contribution < 1.29 is 5.11 Å². The predicted octanol–water partition coefficient (Wildman–Crippen LogP) is 8.02. The van der Waals surface area contributed by atoms with Crippen molar-refractivity contribution in [3.05, 3.63) is 12.2 Å². The second-order valence-electron chi connectivity index (χ2n) is 14.7. The van der Waals surface area contributed by atoms with E-state index >= 15 is 0 Å². The lowest BCUT2D eigenvalue weighted by molar-refractivity contribution is -0.246. The Labute approximate surface area is 192 Å². The summed E-state index contributed by atoms with van der Waals surface area (Å²) in [6.45, 7) is 22.3. The quantitative estimate of drug-likeness (QED) is 0.421. The van der Waals surface area contributed by atoms with E-state index in [0.717, 1.165) is 30.1 Å². The van der Waals surface area contributed by atoms with Crippen LogP contribution < -0.4 is 0 Å². The average Bonchev–Trinajstić information content (AvgIpc) is 3.04. The molecule has 0 aromatic carbocycles. The Balaban J connectivity index is 1.54. The van der Waals surface area contributed by atoms with E-state index in [1.807, 2.05) is 0 Å². The number of aliphatic hydroxyl groups excluding tert-OH is 1. The standard InChI is InChI=1S/C30H50O/c1-19(2)20-11-14-27(5)17-18-29(7)21(25(20)27)9-10-23-28(6)15-13-24(31)26(3,4)22(28)12-16-30(23,29)8/h20-25,31H,1,9-18H2,2-8H3/t20-,21-,22-,23-,24+,25+,27+,28-,29+,30+/m0/s1. The molecule has 0 aromatic rings. The van der Waals surface area contributed by atoms with Crippen LogP contribution in [0.25, 0.3) is 0 Å². The van der Waals surface area contributed by atoms with Crippen LogP contribution in [-0.4, -0.2) is 11.2 Å². The predicted molar refractivity (Wildman–Crippen MR) is 131 cm³/mol. The molecule has 31 heavy (non-hydrogen) atoms. The SMILES string of the molecule is C=C(C)[C@@H]1CC[C@]2(C)CC[C@]3(C)[C@@H](CC[C@H]4[C@@]5(C)CC[C@@H](O)C(C)(C)[C@@H]5CC[C@]43C)[C@@H]12. The molecule has 0 saturated heterocycles. The van der Waals surface area contributed by atoms with Crippen LogP contribution in [-0.2, 0) is 0 Å². The van der Waals surface area contributed by atoms with Gasteiger partial charge in [0.1, 0.15) is 0 Å². The molecule has 5 fully saturated rings. The van der Waals surface area contributed by atoms with Crippen molar-refractivity contribution in [2.75, 3.05) is 0 Å². The van der Waals surface area contributed by atoms with Crippen molar-refractivity contribution >= 4 is 0 Å². The lowest BCUT2D eigenvalue weighted by Gasteiger charge is -2.73. The van der Waals surface area contributed by atoms with Crippen LogP contribution in [0.5, 0.6) is 0 Å². The fourth-order valence-electron chi connectivity index (χ4n) is 11.5. The fourth-order valence-corrected chi connectivity index (χ4v) is 11.5. The van der Waals surface area contributed by atoms with E-state index in [9.17, 15) is 5.11 Å². The monoisotopic (exact) mass is 426 g/mol. The molecule has 0 spiro atoms. The minimum absolute atomic E-state index is 0.0632. The highest BCUT2D eigenvalue weighted by molar-refractivity contribution is 5.21. The van der Waals surface area contributed by atoms with Crippen molar-refractivity contribution in [3.8, 4) is 0 Å². The van der Waals surface area contributed by atoms with Crippen molar-refractivity contribution in [1.29, 1.82) is 0 Å². The van der Waals surface area contributed by atoms with Crippen LogP contribution >= 0.6 is 0 Å². The molecule has 5 rings (SSSR count). The Morgan fingerprint density at radius 3 is 2.13 bits per heavy atom. The number of hydrogen-bond acceptors (Lipinski definition) is 1. The Morgan fingerprint density at radius 1 is 0.742 bits per heavy atom. The first-order valence-electron chi connectivity index (χ1n) is 13.6. The van der Waals surface area contributed by atoms with Crippen LogP contribution in [0, 0.1) is 56.7 Å². The maximum Gasteiger partial charge on any atom is 0.0594 e. The third-order valence-electron chi connectivity index (χ3n) is 13.5. The highest BCUT2D eigenvalue weighted by atomic mass is 16.3. The number of fused-ring (bicyclic) bond motifs is 7. The molecule has 5 aliphatic carbocycles. The van der Waals surface area contributed by atoms with Gasteiger partial charge >= 0.3 is 0 Å². The van der Waals surface area contributed by atoms with Gasteiger partial charge in [-0.05, 0) is 128 Å². The minimum Gasteiger partial charge on any atom is -0.393 e. The fraction of sp³-hybridized carbons (Fsp3) is 0.933. The average molecular weight is 427 g/mol. The summed E-state index contributed by atoms with van der Waals surface area (Å²) in [5.41, 5.74) is 3.38. The summed E-state index contributed by atoms with van der Waals surface area (Å²) in [5, 5.41) is 10.9. The van der Waals surface area contributed by atoms with Gasteiger partial charge in [0.05, 0.1) is 6.10 Å². The third-order valence-corrected chi connectivity index (χ3v) is 13.5. The van der Waals surface area contributed by atoms with E-state index in [2.05, 4.69) is 55.0 Å². The van der Waals surface area contributed by atoms with Gasteiger partial charge in [0.15, 0.2) is 0 Å². The van der Waals surface area contributed by atoms with Crippen molar-refractivity contribution in [2.45, 2.75) is 119 Å². The second kappa shape index (κ2) is 6.64. The molecule has 1 nitrogen and oxygen atoms in total. The van der Waals surface area contributed by atoms with Gasteiger partial charge < -0.3 is 5.11 Å². The molecule has 10 atom stereocenters. The maximum atomic E-state index is 10.9. The highest BCUT2D eigenvalue weighted by Crippen LogP contribution is 2.77. The summed E-state index contributed by atoms with van der Waals surface area (Å²) in [6, 6.07) is 0. The third kappa shape index (κ3) is 2.65. The number of hydrogen-bond donors (Lipinski definition) is 1. The molecule has 0 aromatic heterocycles. The van der Waals surface area contributed by atoms with Crippen LogP contribution in [0.2, 0.25) is 0 Å². The number of allylic oxidation sites excluding steroid dienone is 1. The normalized spacial score (nSPS) is 57.9. The molecule has 0 amide bonds. The molecule has 0 unspecified atom stereocenters. The van der Waals surface area contributed by atoms with Gasteiger partial charge in [-0.2, -0.15) is 0 Å². The molecule has 0 bridgehead atoms. The van der Waals surface area contributed by atoms with Crippen molar-refractivity contribution in [3.63, 3.8) is 0 Å². The summed E-state index contributed by atoms with van der Waals surface area (Å²) in [7, 11) is 0. The summed E-state index contributed by atoms with van der Waals surface area (Å²) in [4.78, 5) is 0. The summed E-state index contributed by atoms with van der Waals surface area (Å²) >= 11 is 0. The van der Waals surface area contributed by atoms with Gasteiger partial charge in [-0.25, -0.2) is 0 Å². The topological polar surface area (TPSA) is 20.2 Å². The van der Waals surface area contributed by atoms with E-state index in [1.54, 1.807) is 0 Å². The van der Waals surface area contributed by atoms with E-state index in [4.69, 9.17) is 0 Å². The lowest BCUT2D eigenvalue weighted by atomic mass is 9.32. The van der Waals surface area contributed by atoms with Gasteiger partial charge in [-0.1, -0.05) is 53.7 Å². The molecule has 1 heteroatoms. The second-order valence-corrected chi connectivity index (χ2v) is 14.7. The van der Waals surface area contributed by atoms with Crippen molar-refractivity contribution in [1.82, 2.24) is 0 Å². The first-order valence-corrected chi connectivity index (χ1v) is 13.6. The van der Waals surface area contributed by atoms with Crippen LogP contribution in [0.15, 0.2) is 12.2 Å². The smallest absolute Gasteiger partial charge is 0.0594 e. The van der Waals surface area contributed by atoms with Gasteiger partial charge in [0, 0.05) is 0 Å². The van der Waals surface area contributed by atoms with E-state index in [0.29, 0.717) is 27.6 Å². The molecule has 0 radical (unpaired) electrons. The molecule has 176 valence electrons. The lowest BCUT2D eigenvalue weighted by Crippen LogP contribution is -2.66. The largest absolute Gasteiger partial charge is 0.393 e. The van der Waals surface area contributed by atoms with Crippen LogP contribution in [0.4, 0.5) is 0 Å². The van der Waals surface area contributed by atoms with Gasteiger partial charge in [-0.15, -0.1) is 0 Å². The molecular weight excluding hydrogens is 376 g/mol. The Kier molecular flexibility index (Phi) is 4.82. The Morgan fingerprint density at radius 2 is 1.45 bits per heavy atom. The molecule has 0 aliphatic heterocycles. The molecule has 1 N–H and O–H groups in total. The number of aliphatic hydroxyl groups is 1. The van der Waals surface area contributed by atoms with Gasteiger partial charge in [0.25, 0.3) is 0 Å². The summed E-state index contributed by atoms with van der Waals surface area (Å²) in [5.74, 6) is 3.98. The van der Waals surface area contributed by atoms with E-state index in [1.165, 1.54) is 63.4 Å². The zero-order valence-corrected chi connectivity index (χ0v) is 21.7. The highest BCUT2D eigenvalue weighted by Gasteiger charge is 2.70. The van der Waals surface area contributed by atoms with Crippen LogP contribution in [0.1, 0.15) is 113 Å². The molecule has 5 aliphatic rings. The molecule has 5 saturated carbocycles. The van der Waals surface area contributed by atoms with Crippen LogP contribution in [0.3, 0.4) is 0 Å². The van der Waals surface area contributed by atoms with Gasteiger partial charge in [-0.3, -0.25) is 0 Å². The first-order chi connectivity index (χ1) is 14.3. The van der Waals surface area contributed by atoms with E-state index in [-0.39, 0.29) is 11.5 Å². The molecular formula is C30H50O. The summed E-state index contributed by atoms with van der Waals surface area (Å²) in [6.07, 6.45) is 13.4. The van der Waals surface area contributed by atoms with Crippen molar-refractivity contribution in [2.24, 2.45) is 56.7 Å². The van der Waals surface area contributed by atoms with Gasteiger partial charge in [0.2, 0.25) is 0 Å². The maximum absolute atomic E-state index is 10.9. The van der Waals surface area contributed by atoms with E-state index < -0.39 is 0 Å². The zero-order chi connectivity index (χ0) is 22.6. The number of rotatable bonds is 1. The minimum atomic E-state index is -0.118.